The molecule has 8 heteroatoms. The first-order chi connectivity index (χ1) is 15.7. The zero-order valence-corrected chi connectivity index (χ0v) is 18.5. The maximum Gasteiger partial charge on any atom is 0.338 e. The minimum Gasteiger partial charge on any atom is -0.486 e. The molecule has 7 nitrogen and oxygen atoms in total. The van der Waals surface area contributed by atoms with Crippen LogP contribution in [0.1, 0.15) is 24.4 Å². The number of urea groups is 1. The van der Waals surface area contributed by atoms with E-state index >= 15 is 0 Å². The van der Waals surface area contributed by atoms with E-state index in [1.165, 1.54) is 7.11 Å². The first-order valence-corrected chi connectivity index (χ1v) is 11.6. The van der Waals surface area contributed by atoms with E-state index in [9.17, 15) is 9.59 Å². The van der Waals surface area contributed by atoms with Gasteiger partial charge in [-0.25, -0.2) is 9.59 Å². The van der Waals surface area contributed by atoms with Gasteiger partial charge in [-0.05, 0) is 36.6 Å². The molecular formula is C24H24N2O5S. The van der Waals surface area contributed by atoms with Crippen molar-refractivity contribution in [2.24, 2.45) is 0 Å². The Morgan fingerprint density at radius 3 is 2.59 bits per heavy atom. The zero-order chi connectivity index (χ0) is 22.1. The number of rotatable bonds is 6. The SMILES string of the molecule is COC(=O)C1=C(CSc2ccc3c(c2)OCCO3)N(C2CC2)C(=O)NC1c1ccccc1. The van der Waals surface area contributed by atoms with E-state index in [1.807, 2.05) is 48.5 Å². The Morgan fingerprint density at radius 1 is 1.12 bits per heavy atom. The third-order valence-corrected chi connectivity index (χ3v) is 6.72. The average molecular weight is 453 g/mol. The number of nitrogens with one attached hydrogen (secondary N) is 1. The van der Waals surface area contributed by atoms with Gasteiger partial charge in [0.25, 0.3) is 0 Å². The summed E-state index contributed by atoms with van der Waals surface area (Å²) in [7, 11) is 1.38. The van der Waals surface area contributed by atoms with Crippen molar-refractivity contribution >= 4 is 23.8 Å². The maximum absolute atomic E-state index is 13.1. The van der Waals surface area contributed by atoms with E-state index in [2.05, 4.69) is 5.32 Å². The predicted octanol–water partition coefficient (Wildman–Crippen LogP) is 3.91. The monoisotopic (exact) mass is 452 g/mol. The van der Waals surface area contributed by atoms with Crippen LogP contribution in [-0.4, -0.2) is 49.0 Å². The standard InChI is InChI=1S/C24H24N2O5S/c1-29-23(27)21-18(14-32-17-9-10-19-20(13-17)31-12-11-30-19)26(16-7-8-16)24(28)25-22(21)15-5-3-2-4-6-15/h2-6,9-10,13,16,22H,7-8,11-12,14H2,1H3,(H,25,28). The summed E-state index contributed by atoms with van der Waals surface area (Å²) in [5, 5.41) is 3.02. The number of esters is 1. The summed E-state index contributed by atoms with van der Waals surface area (Å²) >= 11 is 1.56. The fourth-order valence-corrected chi connectivity index (χ4v) is 5.01. The molecule has 0 aromatic heterocycles. The minimum atomic E-state index is -0.554. The third kappa shape index (κ3) is 4.02. The quantitative estimate of drug-likeness (QED) is 0.529. The highest BCUT2D eigenvalue weighted by atomic mass is 32.2. The van der Waals surface area contributed by atoms with Crippen LogP contribution in [0.15, 0.2) is 64.7 Å². The molecule has 2 aromatic carbocycles. The first kappa shape index (κ1) is 20.8. The fourth-order valence-electron chi connectivity index (χ4n) is 4.06. The van der Waals surface area contributed by atoms with Crippen LogP contribution in [0, 0.1) is 0 Å². The number of ether oxygens (including phenoxy) is 3. The number of benzene rings is 2. The van der Waals surface area contributed by atoms with Crippen LogP contribution in [0.2, 0.25) is 0 Å². The molecule has 1 N–H and O–H groups in total. The van der Waals surface area contributed by atoms with Crippen LogP contribution < -0.4 is 14.8 Å². The van der Waals surface area contributed by atoms with E-state index < -0.39 is 12.0 Å². The van der Waals surface area contributed by atoms with E-state index in [0.29, 0.717) is 36.0 Å². The summed E-state index contributed by atoms with van der Waals surface area (Å²) in [4.78, 5) is 28.8. The minimum absolute atomic E-state index is 0.113. The molecule has 0 bridgehead atoms. The lowest BCUT2D eigenvalue weighted by Crippen LogP contribution is -2.50. The topological polar surface area (TPSA) is 77.1 Å². The second kappa shape index (κ2) is 8.78. The summed E-state index contributed by atoms with van der Waals surface area (Å²) in [6.07, 6.45) is 1.85. The largest absolute Gasteiger partial charge is 0.486 e. The lowest BCUT2D eigenvalue weighted by molar-refractivity contribution is -0.136. The Hall–Kier alpha value is -3.13. The van der Waals surface area contributed by atoms with Crippen molar-refractivity contribution in [1.29, 1.82) is 0 Å². The molecule has 0 radical (unpaired) electrons. The van der Waals surface area contributed by atoms with Crippen molar-refractivity contribution in [3.8, 4) is 11.5 Å². The Morgan fingerprint density at radius 2 is 1.88 bits per heavy atom. The van der Waals surface area contributed by atoms with Crippen molar-refractivity contribution in [3.63, 3.8) is 0 Å². The Bertz CT molecular complexity index is 1070. The highest BCUT2D eigenvalue weighted by Gasteiger charge is 2.43. The summed E-state index contributed by atoms with van der Waals surface area (Å²) in [5.41, 5.74) is 2.03. The van der Waals surface area contributed by atoms with Crippen molar-refractivity contribution in [1.82, 2.24) is 10.2 Å². The Kier molecular flexibility index (Phi) is 5.70. The number of fused-ring (bicyclic) bond motifs is 1. The van der Waals surface area contributed by atoms with Gasteiger partial charge in [0.05, 0.1) is 18.7 Å². The molecular weight excluding hydrogens is 428 g/mol. The van der Waals surface area contributed by atoms with Crippen molar-refractivity contribution in [2.75, 3.05) is 26.1 Å². The number of amides is 2. The van der Waals surface area contributed by atoms with Crippen molar-refractivity contribution in [2.45, 2.75) is 29.8 Å². The first-order valence-electron chi connectivity index (χ1n) is 10.6. The number of thioether (sulfide) groups is 1. The van der Waals surface area contributed by atoms with Crippen molar-refractivity contribution in [3.05, 3.63) is 65.4 Å². The molecule has 1 saturated carbocycles. The van der Waals surface area contributed by atoms with Crippen LogP contribution in [-0.2, 0) is 9.53 Å². The molecule has 1 aliphatic carbocycles. The van der Waals surface area contributed by atoms with Gasteiger partial charge in [0.2, 0.25) is 0 Å². The normalized spacial score (nSPS) is 20.1. The van der Waals surface area contributed by atoms with Crippen LogP contribution in [0.4, 0.5) is 4.79 Å². The Balaban J connectivity index is 1.51. The van der Waals surface area contributed by atoms with E-state index in [-0.39, 0.29) is 12.1 Å². The van der Waals surface area contributed by atoms with E-state index in [4.69, 9.17) is 14.2 Å². The third-order valence-electron chi connectivity index (χ3n) is 5.72. The molecule has 3 aliphatic rings. The number of nitrogens with zero attached hydrogens (tertiary/aromatic N) is 1. The molecule has 1 unspecified atom stereocenters. The number of methoxy groups -OCH3 is 1. The molecule has 0 saturated heterocycles. The number of hydrogen-bond acceptors (Lipinski definition) is 6. The molecule has 0 spiro atoms. The van der Waals surface area contributed by atoms with Gasteiger partial charge in [-0.3, -0.25) is 4.90 Å². The smallest absolute Gasteiger partial charge is 0.338 e. The average Bonchev–Trinajstić information content (AvgIpc) is 3.67. The fraction of sp³-hybridized carbons (Fsp3) is 0.333. The second-order valence-corrected chi connectivity index (χ2v) is 8.89. The molecule has 2 aliphatic heterocycles. The molecule has 1 atom stereocenters. The van der Waals surface area contributed by atoms with Gasteiger partial charge in [-0.2, -0.15) is 0 Å². The lowest BCUT2D eigenvalue weighted by atomic mass is 9.95. The van der Waals surface area contributed by atoms with Gasteiger partial charge in [-0.1, -0.05) is 30.3 Å². The molecule has 32 heavy (non-hydrogen) atoms. The molecule has 1 fully saturated rings. The predicted molar refractivity (Wildman–Crippen MR) is 120 cm³/mol. The molecule has 2 aromatic rings. The molecule has 166 valence electrons. The summed E-state index contributed by atoms with van der Waals surface area (Å²) < 4.78 is 16.5. The summed E-state index contributed by atoms with van der Waals surface area (Å²) in [6.45, 7) is 1.06. The van der Waals surface area contributed by atoms with Gasteiger partial charge in [0.1, 0.15) is 13.2 Å². The zero-order valence-electron chi connectivity index (χ0n) is 17.7. The van der Waals surface area contributed by atoms with Gasteiger partial charge in [0.15, 0.2) is 11.5 Å². The number of carbonyl (C=O) groups is 2. The van der Waals surface area contributed by atoms with Gasteiger partial charge in [-0.15, -0.1) is 11.8 Å². The summed E-state index contributed by atoms with van der Waals surface area (Å²) in [5.74, 6) is 1.47. The summed E-state index contributed by atoms with van der Waals surface area (Å²) in [6, 6.07) is 14.7. The van der Waals surface area contributed by atoms with Gasteiger partial charge >= 0.3 is 12.0 Å². The molecule has 2 amide bonds. The van der Waals surface area contributed by atoms with Gasteiger partial charge in [0, 0.05) is 22.4 Å². The maximum atomic E-state index is 13.1. The highest BCUT2D eigenvalue weighted by molar-refractivity contribution is 7.99. The number of hydrogen-bond donors (Lipinski definition) is 1. The van der Waals surface area contributed by atoms with E-state index in [0.717, 1.165) is 29.1 Å². The van der Waals surface area contributed by atoms with Crippen molar-refractivity contribution < 1.29 is 23.8 Å². The van der Waals surface area contributed by atoms with Crippen LogP contribution in [0.5, 0.6) is 11.5 Å². The highest BCUT2D eigenvalue weighted by Crippen LogP contribution is 2.41. The lowest BCUT2D eigenvalue weighted by Gasteiger charge is -2.36. The van der Waals surface area contributed by atoms with Crippen LogP contribution >= 0.6 is 11.8 Å². The Labute approximate surface area is 190 Å². The van der Waals surface area contributed by atoms with Gasteiger partial charge < -0.3 is 19.5 Å². The molecule has 2 heterocycles. The molecule has 5 rings (SSSR count). The second-order valence-electron chi connectivity index (χ2n) is 7.84. The van der Waals surface area contributed by atoms with Crippen LogP contribution in [0.3, 0.4) is 0 Å². The number of carbonyl (C=O) groups excluding carboxylic acids is 2. The van der Waals surface area contributed by atoms with E-state index in [1.54, 1.807) is 16.7 Å². The van der Waals surface area contributed by atoms with Crippen LogP contribution in [0.25, 0.3) is 0 Å².